The maximum absolute atomic E-state index is 11.7. The topological polar surface area (TPSA) is 92.5 Å². The zero-order valence-electron chi connectivity index (χ0n) is 11.1. The second-order valence-corrected chi connectivity index (χ2v) is 6.80. The number of sulfone groups is 1. The van der Waals surface area contributed by atoms with Gasteiger partial charge in [0.05, 0.1) is 12.3 Å². The summed E-state index contributed by atoms with van der Waals surface area (Å²) >= 11 is 0. The van der Waals surface area contributed by atoms with Gasteiger partial charge in [0, 0.05) is 24.2 Å². The summed E-state index contributed by atoms with van der Waals surface area (Å²) < 4.78 is 22.0. The molecule has 1 aromatic rings. The monoisotopic (exact) mass is 285 g/mol. The maximum atomic E-state index is 11.7. The third-order valence-corrected chi connectivity index (χ3v) is 3.38. The Morgan fingerprint density at radius 1 is 1.32 bits per heavy atom. The normalized spacial score (nSPS) is 11.5. The number of hydrogen-bond acceptors (Lipinski definition) is 5. The van der Waals surface area contributed by atoms with Crippen LogP contribution in [0.15, 0.2) is 24.3 Å². The molecule has 0 saturated carbocycles. The number of rotatable bonds is 6. The molecule has 7 heteroatoms. The highest BCUT2D eigenvalue weighted by atomic mass is 32.2. The molecule has 3 N–H and O–H groups in total. The summed E-state index contributed by atoms with van der Waals surface area (Å²) in [5.74, 6) is -0.153. The summed E-state index contributed by atoms with van der Waals surface area (Å²) in [6.07, 6.45) is 1.18. The summed E-state index contributed by atoms with van der Waals surface area (Å²) in [6.45, 7) is 0.466. The zero-order chi connectivity index (χ0) is 14.5. The fraction of sp³-hybridized carbons (Fsp3) is 0.417. The van der Waals surface area contributed by atoms with Crippen molar-refractivity contribution in [3.8, 4) is 0 Å². The van der Waals surface area contributed by atoms with Crippen LogP contribution in [0.4, 0.5) is 11.4 Å². The Bertz CT molecular complexity index is 526. The van der Waals surface area contributed by atoms with Gasteiger partial charge in [0.25, 0.3) is 0 Å². The summed E-state index contributed by atoms with van der Waals surface area (Å²) in [7, 11) is -1.30. The second-order valence-electron chi connectivity index (χ2n) is 4.54. The number of carbonyl (C=O) groups is 1. The maximum Gasteiger partial charge on any atom is 0.238 e. The molecule has 1 aromatic carbocycles. The SMILES string of the molecule is CN(CCS(C)(=O)=O)CC(=O)Nc1ccc(N)cc1. The van der Waals surface area contributed by atoms with Gasteiger partial charge in [-0.3, -0.25) is 9.69 Å². The molecule has 0 aliphatic rings. The first-order valence-corrected chi connectivity index (χ1v) is 7.84. The van der Waals surface area contributed by atoms with E-state index in [1.165, 1.54) is 6.26 Å². The van der Waals surface area contributed by atoms with Crippen molar-refractivity contribution in [1.29, 1.82) is 0 Å². The van der Waals surface area contributed by atoms with Gasteiger partial charge in [-0.2, -0.15) is 0 Å². The quantitative estimate of drug-likeness (QED) is 0.728. The molecule has 0 fully saturated rings. The molecular weight excluding hydrogens is 266 g/mol. The zero-order valence-corrected chi connectivity index (χ0v) is 11.9. The average Bonchev–Trinajstić information content (AvgIpc) is 2.29. The lowest BCUT2D eigenvalue weighted by molar-refractivity contribution is -0.117. The first kappa shape index (κ1) is 15.5. The Labute approximate surface area is 113 Å². The van der Waals surface area contributed by atoms with Crippen molar-refractivity contribution in [2.24, 2.45) is 0 Å². The average molecular weight is 285 g/mol. The molecule has 0 unspecified atom stereocenters. The largest absolute Gasteiger partial charge is 0.399 e. The fourth-order valence-corrected chi connectivity index (χ4v) is 2.06. The smallest absolute Gasteiger partial charge is 0.238 e. The van der Waals surface area contributed by atoms with Crippen LogP contribution in [0.3, 0.4) is 0 Å². The molecule has 0 bridgehead atoms. The van der Waals surface area contributed by atoms with E-state index < -0.39 is 9.84 Å². The van der Waals surface area contributed by atoms with E-state index in [4.69, 9.17) is 5.73 Å². The van der Waals surface area contributed by atoms with E-state index in [1.54, 1.807) is 36.2 Å². The third kappa shape index (κ3) is 6.78. The molecule has 0 radical (unpaired) electrons. The van der Waals surface area contributed by atoms with E-state index >= 15 is 0 Å². The highest BCUT2D eigenvalue weighted by Crippen LogP contribution is 2.10. The van der Waals surface area contributed by atoms with Gasteiger partial charge in [-0.05, 0) is 31.3 Å². The number of benzene rings is 1. The van der Waals surface area contributed by atoms with Crippen molar-refractivity contribution >= 4 is 27.1 Å². The predicted molar refractivity (Wildman–Crippen MR) is 76.7 cm³/mol. The van der Waals surface area contributed by atoms with Gasteiger partial charge in [0.2, 0.25) is 5.91 Å². The van der Waals surface area contributed by atoms with Crippen LogP contribution in [0.2, 0.25) is 0 Å². The summed E-state index contributed by atoms with van der Waals surface area (Å²) in [6, 6.07) is 6.82. The minimum absolute atomic E-state index is 0.0403. The molecule has 0 heterocycles. The number of carbonyl (C=O) groups excluding carboxylic acids is 1. The molecular formula is C12H19N3O3S. The molecule has 0 aliphatic heterocycles. The van der Waals surface area contributed by atoms with Crippen LogP contribution >= 0.6 is 0 Å². The van der Waals surface area contributed by atoms with Crippen LogP contribution in [-0.4, -0.2) is 51.4 Å². The first-order chi connectivity index (χ1) is 8.76. The Balaban J connectivity index is 2.40. The van der Waals surface area contributed by atoms with Crippen LogP contribution in [-0.2, 0) is 14.6 Å². The number of nitrogens with zero attached hydrogens (tertiary/aromatic N) is 1. The highest BCUT2D eigenvalue weighted by molar-refractivity contribution is 7.90. The minimum Gasteiger partial charge on any atom is -0.399 e. The number of likely N-dealkylation sites (N-methyl/N-ethyl adjacent to an activating group) is 1. The molecule has 6 nitrogen and oxygen atoms in total. The van der Waals surface area contributed by atoms with Gasteiger partial charge < -0.3 is 11.1 Å². The van der Waals surface area contributed by atoms with Crippen molar-refractivity contribution in [2.45, 2.75) is 0 Å². The minimum atomic E-state index is -3.01. The molecule has 19 heavy (non-hydrogen) atoms. The molecule has 1 rings (SSSR count). The van der Waals surface area contributed by atoms with Crippen LogP contribution in [0.5, 0.6) is 0 Å². The van der Waals surface area contributed by atoms with E-state index in [9.17, 15) is 13.2 Å². The Morgan fingerprint density at radius 2 is 1.89 bits per heavy atom. The fourth-order valence-electron chi connectivity index (χ4n) is 1.41. The highest BCUT2D eigenvalue weighted by Gasteiger charge is 2.09. The number of amides is 1. The lowest BCUT2D eigenvalue weighted by Crippen LogP contribution is -2.33. The van der Waals surface area contributed by atoms with E-state index in [-0.39, 0.29) is 18.2 Å². The number of nitrogens with one attached hydrogen (secondary N) is 1. The van der Waals surface area contributed by atoms with Gasteiger partial charge in [-0.15, -0.1) is 0 Å². The van der Waals surface area contributed by atoms with E-state index in [1.807, 2.05) is 0 Å². The van der Waals surface area contributed by atoms with Crippen molar-refractivity contribution < 1.29 is 13.2 Å². The van der Waals surface area contributed by atoms with E-state index in [0.29, 0.717) is 17.9 Å². The molecule has 0 spiro atoms. The number of anilines is 2. The van der Waals surface area contributed by atoms with Crippen molar-refractivity contribution in [2.75, 3.05) is 43.2 Å². The Morgan fingerprint density at radius 3 is 2.42 bits per heavy atom. The summed E-state index contributed by atoms with van der Waals surface area (Å²) in [4.78, 5) is 13.4. The molecule has 1 amide bonds. The Kier molecular flexibility index (Phi) is 5.31. The van der Waals surface area contributed by atoms with Gasteiger partial charge in [-0.25, -0.2) is 8.42 Å². The van der Waals surface area contributed by atoms with Crippen LogP contribution < -0.4 is 11.1 Å². The van der Waals surface area contributed by atoms with Gasteiger partial charge >= 0.3 is 0 Å². The van der Waals surface area contributed by atoms with Crippen LogP contribution in [0.1, 0.15) is 0 Å². The molecule has 0 aromatic heterocycles. The van der Waals surface area contributed by atoms with Crippen molar-refractivity contribution in [3.05, 3.63) is 24.3 Å². The number of hydrogen-bond donors (Lipinski definition) is 2. The van der Waals surface area contributed by atoms with Gasteiger partial charge in [0.1, 0.15) is 9.84 Å². The lowest BCUT2D eigenvalue weighted by atomic mass is 10.3. The molecule has 0 saturated heterocycles. The summed E-state index contributed by atoms with van der Waals surface area (Å²) in [5.41, 5.74) is 6.83. The van der Waals surface area contributed by atoms with Crippen LogP contribution in [0.25, 0.3) is 0 Å². The molecule has 106 valence electrons. The van der Waals surface area contributed by atoms with Crippen molar-refractivity contribution in [1.82, 2.24) is 4.90 Å². The van der Waals surface area contributed by atoms with Crippen LogP contribution in [0, 0.1) is 0 Å². The number of nitrogens with two attached hydrogens (primary N) is 1. The lowest BCUT2D eigenvalue weighted by Gasteiger charge is -2.15. The van der Waals surface area contributed by atoms with Gasteiger partial charge in [0.15, 0.2) is 0 Å². The van der Waals surface area contributed by atoms with Crippen molar-refractivity contribution in [3.63, 3.8) is 0 Å². The van der Waals surface area contributed by atoms with E-state index in [0.717, 1.165) is 0 Å². The number of nitrogen functional groups attached to an aromatic ring is 1. The third-order valence-electron chi connectivity index (χ3n) is 2.45. The molecule has 0 aliphatic carbocycles. The molecule has 0 atom stereocenters. The predicted octanol–water partition coefficient (Wildman–Crippen LogP) is 0.184. The second kappa shape index (κ2) is 6.53. The van der Waals surface area contributed by atoms with Gasteiger partial charge in [-0.1, -0.05) is 0 Å². The first-order valence-electron chi connectivity index (χ1n) is 5.78. The standard InChI is InChI=1S/C12H19N3O3S/c1-15(7-8-19(2,17)18)9-12(16)14-11-5-3-10(13)4-6-11/h3-6H,7-9,13H2,1-2H3,(H,14,16). The Hall–Kier alpha value is -1.60. The summed E-state index contributed by atoms with van der Waals surface area (Å²) in [5, 5.41) is 2.71. The van der Waals surface area contributed by atoms with E-state index in [2.05, 4.69) is 5.32 Å².